The normalized spacial score (nSPS) is 11.3. The molecule has 0 amide bonds. The van der Waals surface area contributed by atoms with Gasteiger partial charge in [0.1, 0.15) is 6.61 Å². The molecule has 0 atom stereocenters. The van der Waals surface area contributed by atoms with Crippen LogP contribution in [0.25, 0.3) is 0 Å². The Morgan fingerprint density at radius 3 is 1.15 bits per heavy atom. The molecular formula is C33H60N2O12. The molecule has 0 aromatic heterocycles. The van der Waals surface area contributed by atoms with Crippen LogP contribution in [0.4, 0.5) is 5.69 Å². The topological polar surface area (TPSA) is 157 Å². The lowest BCUT2D eigenvalue weighted by Crippen LogP contribution is -2.16. The van der Waals surface area contributed by atoms with E-state index in [-0.39, 0.29) is 12.6 Å². The fourth-order valence-corrected chi connectivity index (χ4v) is 3.57. The number of benzene rings is 1. The van der Waals surface area contributed by atoms with Crippen LogP contribution in [0.3, 0.4) is 0 Å². The van der Waals surface area contributed by atoms with Gasteiger partial charge in [-0.3, -0.25) is 0 Å². The van der Waals surface area contributed by atoms with Gasteiger partial charge in [0, 0.05) is 18.8 Å². The molecule has 3 N–H and O–H groups in total. The van der Waals surface area contributed by atoms with Crippen molar-refractivity contribution in [3.63, 3.8) is 0 Å². The third kappa shape index (κ3) is 29.9. The van der Waals surface area contributed by atoms with Crippen molar-refractivity contribution in [1.29, 1.82) is 0 Å². The molecule has 0 aliphatic rings. The summed E-state index contributed by atoms with van der Waals surface area (Å²) in [6, 6.07) is 7.29. The Hall–Kier alpha value is -1.95. The van der Waals surface area contributed by atoms with Crippen LogP contribution in [0.1, 0.15) is 30.1 Å². The zero-order valence-electron chi connectivity index (χ0n) is 28.5. The molecule has 0 spiro atoms. The monoisotopic (exact) mass is 676 g/mol. The number of anilines is 1. The summed E-state index contributed by atoms with van der Waals surface area (Å²) >= 11 is 0. The lowest BCUT2D eigenvalue weighted by Gasteiger charge is -2.09. The van der Waals surface area contributed by atoms with Gasteiger partial charge in [-0.05, 0) is 30.7 Å². The van der Waals surface area contributed by atoms with E-state index in [1.165, 1.54) is 0 Å². The van der Waals surface area contributed by atoms with Crippen molar-refractivity contribution in [1.82, 2.24) is 0 Å². The summed E-state index contributed by atoms with van der Waals surface area (Å²) in [4.78, 5) is 12.1. The molecule has 14 heteroatoms. The fraction of sp³-hybridized carbons (Fsp3) is 0.788. The van der Waals surface area contributed by atoms with Crippen molar-refractivity contribution in [2.75, 3.05) is 157 Å². The third-order valence-corrected chi connectivity index (χ3v) is 6.05. The number of unbranched alkanes of at least 4 members (excludes halogenated alkanes) is 1. The molecule has 47 heavy (non-hydrogen) atoms. The standard InChI is InChI=1S/C33H60N2O12/c1-2-3-9-35-32-6-4-31(5-7-32)33(36)47-30-29-46-28-27-45-26-25-44-24-23-43-22-21-42-20-19-41-18-17-40-16-15-39-14-13-38-12-11-37-10-8-34/h4-7,35H,2-3,8-30,34H2,1H3. The molecular weight excluding hydrogens is 616 g/mol. The van der Waals surface area contributed by atoms with Crippen molar-refractivity contribution in [2.24, 2.45) is 5.73 Å². The average molecular weight is 677 g/mol. The highest BCUT2D eigenvalue weighted by Gasteiger charge is 2.06. The van der Waals surface area contributed by atoms with Crippen LogP contribution >= 0.6 is 0 Å². The summed E-state index contributed by atoms with van der Waals surface area (Å²) in [6.45, 7) is 13.6. The van der Waals surface area contributed by atoms with E-state index in [0.29, 0.717) is 144 Å². The number of esters is 1. The molecule has 0 radical (unpaired) electrons. The van der Waals surface area contributed by atoms with Crippen LogP contribution in [0.15, 0.2) is 24.3 Å². The molecule has 0 unspecified atom stereocenters. The third-order valence-electron chi connectivity index (χ3n) is 6.05. The largest absolute Gasteiger partial charge is 0.460 e. The Morgan fingerprint density at radius 1 is 0.511 bits per heavy atom. The van der Waals surface area contributed by atoms with Gasteiger partial charge in [0.15, 0.2) is 0 Å². The molecule has 0 aliphatic carbocycles. The minimum atomic E-state index is -0.361. The number of rotatable bonds is 37. The maximum Gasteiger partial charge on any atom is 0.338 e. The average Bonchev–Trinajstić information content (AvgIpc) is 3.09. The molecule has 14 nitrogen and oxygen atoms in total. The van der Waals surface area contributed by atoms with E-state index in [4.69, 9.17) is 57.8 Å². The van der Waals surface area contributed by atoms with Crippen molar-refractivity contribution < 1.29 is 56.9 Å². The summed E-state index contributed by atoms with van der Waals surface area (Å²) in [7, 11) is 0. The van der Waals surface area contributed by atoms with Gasteiger partial charge in [0.05, 0.1) is 138 Å². The predicted octanol–water partition coefficient (Wildman–Crippen LogP) is 2.18. The van der Waals surface area contributed by atoms with E-state index in [2.05, 4.69) is 12.2 Å². The van der Waals surface area contributed by atoms with Crippen molar-refractivity contribution in [3.05, 3.63) is 29.8 Å². The first-order valence-corrected chi connectivity index (χ1v) is 16.8. The van der Waals surface area contributed by atoms with Gasteiger partial charge in [-0.15, -0.1) is 0 Å². The van der Waals surface area contributed by atoms with E-state index >= 15 is 0 Å². The Labute approximate surface area is 281 Å². The summed E-state index contributed by atoms with van der Waals surface area (Å²) in [5.41, 5.74) is 6.84. The second-order valence-corrected chi connectivity index (χ2v) is 9.91. The van der Waals surface area contributed by atoms with Gasteiger partial charge in [0.25, 0.3) is 0 Å². The SMILES string of the molecule is CCCCNc1ccc(C(=O)OCCOCCOCCOCCOCCOCCOCCOCCOCCOCCOCCN)cc1. The Balaban J connectivity index is 1.70. The Bertz CT molecular complexity index is 791. The van der Waals surface area contributed by atoms with E-state index in [9.17, 15) is 4.79 Å². The van der Waals surface area contributed by atoms with E-state index in [1.54, 1.807) is 12.1 Å². The van der Waals surface area contributed by atoms with Crippen LogP contribution in [0, 0.1) is 0 Å². The second kappa shape index (κ2) is 35.4. The summed E-state index contributed by atoms with van der Waals surface area (Å²) in [5.74, 6) is -0.361. The van der Waals surface area contributed by atoms with Gasteiger partial charge in [-0.2, -0.15) is 0 Å². The van der Waals surface area contributed by atoms with E-state index in [1.807, 2.05) is 12.1 Å². The number of carbonyl (C=O) groups excluding carboxylic acids is 1. The van der Waals surface area contributed by atoms with Crippen LogP contribution in [-0.4, -0.2) is 158 Å². The minimum Gasteiger partial charge on any atom is -0.460 e. The first kappa shape index (κ1) is 43.1. The van der Waals surface area contributed by atoms with Crippen molar-refractivity contribution >= 4 is 11.7 Å². The maximum absolute atomic E-state index is 12.1. The number of nitrogens with two attached hydrogens (primary N) is 1. The van der Waals surface area contributed by atoms with Gasteiger partial charge in [0.2, 0.25) is 0 Å². The highest BCUT2D eigenvalue weighted by atomic mass is 16.6. The zero-order chi connectivity index (χ0) is 33.7. The molecule has 0 heterocycles. The highest BCUT2D eigenvalue weighted by molar-refractivity contribution is 5.89. The van der Waals surface area contributed by atoms with Crippen LogP contribution in [0.5, 0.6) is 0 Å². The number of carbonyl (C=O) groups is 1. The van der Waals surface area contributed by atoms with Gasteiger partial charge in [-0.25, -0.2) is 4.79 Å². The predicted molar refractivity (Wildman–Crippen MR) is 177 cm³/mol. The van der Waals surface area contributed by atoms with Crippen LogP contribution in [-0.2, 0) is 52.1 Å². The molecule has 1 aromatic rings. The minimum absolute atomic E-state index is 0.190. The first-order valence-electron chi connectivity index (χ1n) is 16.8. The second-order valence-electron chi connectivity index (χ2n) is 9.91. The first-order chi connectivity index (χ1) is 23.3. The smallest absolute Gasteiger partial charge is 0.338 e. The molecule has 0 aliphatic heterocycles. The molecule has 1 rings (SSSR count). The van der Waals surface area contributed by atoms with E-state index < -0.39 is 0 Å². The lowest BCUT2D eigenvalue weighted by atomic mass is 10.2. The molecule has 0 saturated carbocycles. The van der Waals surface area contributed by atoms with Crippen molar-refractivity contribution in [2.45, 2.75) is 19.8 Å². The quantitative estimate of drug-likeness (QED) is 0.0781. The number of hydrogen-bond acceptors (Lipinski definition) is 14. The van der Waals surface area contributed by atoms with E-state index in [0.717, 1.165) is 25.1 Å². The Morgan fingerprint density at radius 2 is 0.830 bits per heavy atom. The summed E-state index contributed by atoms with van der Waals surface area (Å²) < 4.78 is 59.5. The van der Waals surface area contributed by atoms with Crippen LogP contribution < -0.4 is 11.1 Å². The van der Waals surface area contributed by atoms with Gasteiger partial charge < -0.3 is 63.2 Å². The van der Waals surface area contributed by atoms with Crippen molar-refractivity contribution in [3.8, 4) is 0 Å². The van der Waals surface area contributed by atoms with Crippen LogP contribution in [0.2, 0.25) is 0 Å². The molecule has 0 fully saturated rings. The molecule has 0 bridgehead atoms. The van der Waals surface area contributed by atoms with Gasteiger partial charge >= 0.3 is 5.97 Å². The Kier molecular flexibility index (Phi) is 32.4. The fourth-order valence-electron chi connectivity index (χ4n) is 3.57. The highest BCUT2D eigenvalue weighted by Crippen LogP contribution is 2.10. The zero-order valence-corrected chi connectivity index (χ0v) is 28.5. The summed E-state index contributed by atoms with van der Waals surface area (Å²) in [6.07, 6.45) is 2.24. The van der Waals surface area contributed by atoms with Gasteiger partial charge in [-0.1, -0.05) is 13.3 Å². The number of nitrogens with one attached hydrogen (secondary N) is 1. The molecule has 1 aromatic carbocycles. The molecule has 274 valence electrons. The number of ether oxygens (including phenoxy) is 11. The number of hydrogen-bond donors (Lipinski definition) is 2. The lowest BCUT2D eigenvalue weighted by molar-refractivity contribution is -0.0270. The molecule has 0 saturated heterocycles. The maximum atomic E-state index is 12.1. The summed E-state index contributed by atoms with van der Waals surface area (Å²) in [5, 5.41) is 3.32.